The number of aliphatic hydroxyl groups excluding tert-OH is 1. The summed E-state index contributed by atoms with van der Waals surface area (Å²) in [5.41, 5.74) is 1.17. The highest BCUT2D eigenvalue weighted by atomic mass is 35.5. The van der Waals surface area contributed by atoms with Crippen LogP contribution in [-0.4, -0.2) is 17.3 Å². The largest absolute Gasteiger partial charge is 0.392 e. The maximum atomic E-state index is 9.75. The molecule has 1 aromatic carbocycles. The lowest BCUT2D eigenvalue weighted by Crippen LogP contribution is -2.37. The molecule has 0 spiro atoms. The van der Waals surface area contributed by atoms with Crippen molar-refractivity contribution in [2.75, 3.05) is 0 Å². The molecule has 1 fully saturated rings. The Balaban J connectivity index is 1.99. The molecule has 0 unspecified atom stereocenters. The first kappa shape index (κ1) is 11.9. The van der Waals surface area contributed by atoms with Crippen LogP contribution in [0.15, 0.2) is 24.3 Å². The Kier molecular flexibility index (Phi) is 3.85. The summed E-state index contributed by atoms with van der Waals surface area (Å²) in [6.07, 6.45) is 2.90. The monoisotopic (exact) mass is 239 g/mol. The van der Waals surface area contributed by atoms with E-state index in [0.717, 1.165) is 24.3 Å². The molecule has 88 valence electrons. The molecule has 1 saturated carbocycles. The second-order valence-electron chi connectivity index (χ2n) is 4.55. The van der Waals surface area contributed by atoms with Crippen LogP contribution >= 0.6 is 11.6 Å². The Morgan fingerprint density at radius 2 is 2.25 bits per heavy atom. The smallest absolute Gasteiger partial charge is 0.0693 e. The molecule has 0 aliphatic heterocycles. The average molecular weight is 240 g/mol. The van der Waals surface area contributed by atoms with Gasteiger partial charge in [0, 0.05) is 17.1 Å². The van der Waals surface area contributed by atoms with E-state index in [9.17, 15) is 5.11 Å². The van der Waals surface area contributed by atoms with E-state index in [4.69, 9.17) is 11.6 Å². The van der Waals surface area contributed by atoms with Crippen LogP contribution in [0.25, 0.3) is 0 Å². The minimum Gasteiger partial charge on any atom is -0.392 e. The molecule has 0 aromatic heterocycles. The molecule has 1 aliphatic rings. The van der Waals surface area contributed by atoms with Crippen molar-refractivity contribution in [3.8, 4) is 0 Å². The fraction of sp³-hybridized carbons (Fsp3) is 0.538. The molecule has 2 nitrogen and oxygen atoms in total. The Bertz CT molecular complexity index is 356. The van der Waals surface area contributed by atoms with Crippen molar-refractivity contribution < 1.29 is 5.11 Å². The predicted octanol–water partition coefficient (Wildman–Crippen LogP) is 2.90. The number of aliphatic hydroxyl groups is 1. The van der Waals surface area contributed by atoms with E-state index in [1.165, 1.54) is 5.56 Å². The minimum absolute atomic E-state index is 0.193. The molecule has 0 radical (unpaired) electrons. The van der Waals surface area contributed by atoms with Gasteiger partial charge in [0.15, 0.2) is 0 Å². The topological polar surface area (TPSA) is 32.3 Å². The number of halogens is 1. The molecule has 3 atom stereocenters. The van der Waals surface area contributed by atoms with Crippen LogP contribution in [0.4, 0.5) is 0 Å². The van der Waals surface area contributed by atoms with Gasteiger partial charge in [-0.1, -0.05) is 23.7 Å². The van der Waals surface area contributed by atoms with Crippen molar-refractivity contribution in [2.24, 2.45) is 0 Å². The standard InChI is InChI=1S/C13H18ClNO/c1-9(10-4-2-5-11(14)8-10)15-12-6-3-7-13(12)16/h2,4-5,8-9,12-13,15-16H,3,6-7H2,1H3/t9-,12-,13-/m0/s1. The predicted molar refractivity (Wildman–Crippen MR) is 66.6 cm³/mol. The Morgan fingerprint density at radius 1 is 1.44 bits per heavy atom. The van der Waals surface area contributed by atoms with Crippen LogP contribution in [0.3, 0.4) is 0 Å². The van der Waals surface area contributed by atoms with Crippen LogP contribution in [0.1, 0.15) is 37.8 Å². The van der Waals surface area contributed by atoms with Crippen molar-refractivity contribution in [2.45, 2.75) is 44.4 Å². The molecule has 2 N–H and O–H groups in total. The quantitative estimate of drug-likeness (QED) is 0.850. The maximum Gasteiger partial charge on any atom is 0.0693 e. The lowest BCUT2D eigenvalue weighted by molar-refractivity contribution is 0.144. The zero-order valence-electron chi connectivity index (χ0n) is 9.49. The lowest BCUT2D eigenvalue weighted by atomic mass is 10.1. The van der Waals surface area contributed by atoms with Gasteiger partial charge >= 0.3 is 0 Å². The summed E-state index contributed by atoms with van der Waals surface area (Å²) in [5, 5.41) is 14.0. The molecular weight excluding hydrogens is 222 g/mol. The summed E-state index contributed by atoms with van der Waals surface area (Å²) < 4.78 is 0. The maximum absolute atomic E-state index is 9.75. The van der Waals surface area contributed by atoms with E-state index >= 15 is 0 Å². The SMILES string of the molecule is C[C@H](N[C@H]1CCC[C@@H]1O)c1cccc(Cl)c1. The molecule has 16 heavy (non-hydrogen) atoms. The van der Waals surface area contributed by atoms with Crippen LogP contribution in [0.5, 0.6) is 0 Å². The highest BCUT2D eigenvalue weighted by Gasteiger charge is 2.26. The number of hydrogen-bond donors (Lipinski definition) is 2. The Labute approximate surface area is 102 Å². The third-order valence-corrected chi connectivity index (χ3v) is 3.53. The van der Waals surface area contributed by atoms with Gasteiger partial charge in [-0.15, -0.1) is 0 Å². The second kappa shape index (κ2) is 5.17. The first-order valence-corrected chi connectivity index (χ1v) is 6.24. The van der Waals surface area contributed by atoms with Gasteiger partial charge < -0.3 is 10.4 Å². The molecule has 0 saturated heterocycles. The molecule has 2 rings (SSSR count). The summed E-state index contributed by atoms with van der Waals surface area (Å²) in [4.78, 5) is 0. The van der Waals surface area contributed by atoms with E-state index in [1.807, 2.05) is 18.2 Å². The molecular formula is C13H18ClNO. The summed E-state index contributed by atoms with van der Waals surface area (Å²) in [5.74, 6) is 0. The molecule has 3 heteroatoms. The van der Waals surface area contributed by atoms with E-state index in [0.29, 0.717) is 0 Å². The van der Waals surface area contributed by atoms with E-state index < -0.39 is 0 Å². The van der Waals surface area contributed by atoms with Crippen LogP contribution in [0.2, 0.25) is 5.02 Å². The number of hydrogen-bond acceptors (Lipinski definition) is 2. The van der Waals surface area contributed by atoms with Gasteiger partial charge in [-0.2, -0.15) is 0 Å². The molecule has 1 aromatic rings. The highest BCUT2D eigenvalue weighted by molar-refractivity contribution is 6.30. The third-order valence-electron chi connectivity index (χ3n) is 3.29. The van der Waals surface area contributed by atoms with Crippen molar-refractivity contribution in [3.63, 3.8) is 0 Å². The van der Waals surface area contributed by atoms with Gasteiger partial charge in [0.25, 0.3) is 0 Å². The van der Waals surface area contributed by atoms with E-state index in [-0.39, 0.29) is 18.2 Å². The normalized spacial score (nSPS) is 26.9. The van der Waals surface area contributed by atoms with Gasteiger partial charge in [-0.3, -0.25) is 0 Å². The fourth-order valence-electron chi connectivity index (χ4n) is 2.33. The Morgan fingerprint density at radius 3 is 2.88 bits per heavy atom. The molecule has 1 aliphatic carbocycles. The van der Waals surface area contributed by atoms with Crippen LogP contribution in [-0.2, 0) is 0 Å². The van der Waals surface area contributed by atoms with Gasteiger partial charge in [-0.25, -0.2) is 0 Å². The van der Waals surface area contributed by atoms with Gasteiger partial charge in [0.2, 0.25) is 0 Å². The zero-order valence-corrected chi connectivity index (χ0v) is 10.2. The third kappa shape index (κ3) is 2.76. The van der Waals surface area contributed by atoms with Gasteiger partial charge in [0.1, 0.15) is 0 Å². The summed E-state index contributed by atoms with van der Waals surface area (Å²) in [6, 6.07) is 8.33. The average Bonchev–Trinajstić information content (AvgIpc) is 2.64. The first-order valence-electron chi connectivity index (χ1n) is 5.86. The fourth-order valence-corrected chi connectivity index (χ4v) is 2.53. The van der Waals surface area contributed by atoms with Gasteiger partial charge in [-0.05, 0) is 43.9 Å². The summed E-state index contributed by atoms with van der Waals surface area (Å²) in [7, 11) is 0. The number of benzene rings is 1. The van der Waals surface area contributed by atoms with Crippen molar-refractivity contribution >= 4 is 11.6 Å². The molecule has 0 bridgehead atoms. The van der Waals surface area contributed by atoms with Crippen molar-refractivity contribution in [3.05, 3.63) is 34.9 Å². The van der Waals surface area contributed by atoms with Crippen LogP contribution < -0.4 is 5.32 Å². The van der Waals surface area contributed by atoms with Crippen molar-refractivity contribution in [1.29, 1.82) is 0 Å². The Hall–Kier alpha value is -0.570. The van der Waals surface area contributed by atoms with Crippen molar-refractivity contribution in [1.82, 2.24) is 5.32 Å². The first-order chi connectivity index (χ1) is 7.66. The minimum atomic E-state index is -0.193. The summed E-state index contributed by atoms with van der Waals surface area (Å²) in [6.45, 7) is 2.11. The van der Waals surface area contributed by atoms with Crippen LogP contribution in [0, 0.1) is 0 Å². The number of rotatable bonds is 3. The summed E-state index contributed by atoms with van der Waals surface area (Å²) >= 11 is 5.96. The second-order valence-corrected chi connectivity index (χ2v) is 4.98. The zero-order chi connectivity index (χ0) is 11.5. The number of nitrogens with one attached hydrogen (secondary N) is 1. The van der Waals surface area contributed by atoms with Gasteiger partial charge in [0.05, 0.1) is 6.10 Å². The van der Waals surface area contributed by atoms with E-state index in [2.05, 4.69) is 18.3 Å². The highest BCUT2D eigenvalue weighted by Crippen LogP contribution is 2.23. The van der Waals surface area contributed by atoms with E-state index in [1.54, 1.807) is 0 Å². The molecule has 0 heterocycles. The lowest BCUT2D eigenvalue weighted by Gasteiger charge is -2.22. The molecule has 0 amide bonds.